The van der Waals surface area contributed by atoms with E-state index in [9.17, 15) is 14.4 Å². The molecule has 0 spiro atoms. The highest BCUT2D eigenvalue weighted by Crippen LogP contribution is 2.27. The van der Waals surface area contributed by atoms with Crippen LogP contribution in [0.2, 0.25) is 10.0 Å². The molecule has 11 heteroatoms. The lowest BCUT2D eigenvalue weighted by molar-refractivity contribution is -0.133. The zero-order valence-electron chi connectivity index (χ0n) is 19.7. The fraction of sp³-hybridized carbons (Fsp3) is 0.500. The molecule has 1 saturated heterocycles. The molecule has 1 aliphatic heterocycles. The Balaban J connectivity index is 1.67. The van der Waals surface area contributed by atoms with Crippen LogP contribution >= 0.6 is 23.2 Å². The second-order valence-corrected chi connectivity index (χ2v) is 9.99. The molecule has 2 aromatic rings. The van der Waals surface area contributed by atoms with Crippen molar-refractivity contribution in [3.63, 3.8) is 0 Å². The number of rotatable bonds is 4. The van der Waals surface area contributed by atoms with Crippen molar-refractivity contribution in [2.24, 2.45) is 5.73 Å². The minimum absolute atomic E-state index is 0.0674. The summed E-state index contributed by atoms with van der Waals surface area (Å²) in [6.07, 6.45) is 2.48. The molecular formula is C24H29Cl2N5O4. The first-order valence-corrected chi connectivity index (χ1v) is 12.5. The molecule has 1 aromatic heterocycles. The summed E-state index contributed by atoms with van der Waals surface area (Å²) in [6.45, 7) is 3.93. The van der Waals surface area contributed by atoms with Gasteiger partial charge in [-0.05, 0) is 64.2 Å². The minimum atomic E-state index is -1.14. The van der Waals surface area contributed by atoms with Gasteiger partial charge in [0.25, 0.3) is 17.7 Å². The number of hydrogen-bond donors (Lipinski definition) is 2. The van der Waals surface area contributed by atoms with Crippen molar-refractivity contribution in [1.29, 1.82) is 0 Å². The molecule has 188 valence electrons. The molecule has 0 radical (unpaired) electrons. The van der Waals surface area contributed by atoms with Crippen molar-refractivity contribution in [3.8, 4) is 0 Å². The Morgan fingerprint density at radius 2 is 1.69 bits per heavy atom. The Labute approximate surface area is 213 Å². The van der Waals surface area contributed by atoms with Crippen molar-refractivity contribution in [2.45, 2.75) is 64.2 Å². The van der Waals surface area contributed by atoms with Crippen LogP contribution in [0, 0.1) is 13.8 Å². The smallest absolute Gasteiger partial charge is 0.264 e. The van der Waals surface area contributed by atoms with Crippen molar-refractivity contribution in [2.75, 3.05) is 13.1 Å². The third-order valence-electron chi connectivity index (χ3n) is 6.68. The molecule has 9 nitrogen and oxygen atoms in total. The molecule has 1 aromatic carbocycles. The standard InChI is InChI=1S/C24H29Cl2N5O4/c1-13-20(14(2)35-29-13)24(34)31-11-3-10-30(23(33)15-4-9-18(25)19(26)12-15)22(31)21(32)28-17-7-5-16(27)6-8-17/h4,9,12,16-17,22H,3,5-8,10-11,27H2,1-2H3,(H,28,32). The summed E-state index contributed by atoms with van der Waals surface area (Å²) < 4.78 is 5.18. The van der Waals surface area contributed by atoms with Crippen LogP contribution < -0.4 is 11.1 Å². The van der Waals surface area contributed by atoms with Gasteiger partial charge in [-0.25, -0.2) is 0 Å². The number of aromatic nitrogens is 1. The number of hydrogen-bond acceptors (Lipinski definition) is 6. The first kappa shape index (κ1) is 25.5. The number of nitrogens with zero attached hydrogens (tertiary/aromatic N) is 3. The predicted molar refractivity (Wildman–Crippen MR) is 131 cm³/mol. The molecule has 2 fully saturated rings. The van der Waals surface area contributed by atoms with Crippen LogP contribution in [0.1, 0.15) is 64.3 Å². The number of aryl methyl sites for hydroxylation is 2. The maximum absolute atomic E-state index is 13.7. The van der Waals surface area contributed by atoms with Crippen LogP contribution in [0.3, 0.4) is 0 Å². The second-order valence-electron chi connectivity index (χ2n) is 9.17. The number of amides is 3. The van der Waals surface area contributed by atoms with Crippen molar-refractivity contribution in [1.82, 2.24) is 20.3 Å². The molecule has 2 heterocycles. The molecule has 4 rings (SSSR count). The summed E-state index contributed by atoms with van der Waals surface area (Å²) >= 11 is 12.2. The van der Waals surface area contributed by atoms with Gasteiger partial charge < -0.3 is 25.4 Å². The average molecular weight is 522 g/mol. The number of nitrogens with one attached hydrogen (secondary N) is 1. The van der Waals surface area contributed by atoms with E-state index in [0.29, 0.717) is 41.6 Å². The largest absolute Gasteiger partial charge is 0.361 e. The molecule has 1 atom stereocenters. The molecule has 3 N–H and O–H groups in total. The lowest BCUT2D eigenvalue weighted by Crippen LogP contribution is -2.64. The second kappa shape index (κ2) is 10.6. The zero-order chi connectivity index (χ0) is 25.3. The van der Waals surface area contributed by atoms with E-state index in [1.807, 2.05) is 0 Å². The van der Waals surface area contributed by atoms with E-state index in [4.69, 9.17) is 33.5 Å². The van der Waals surface area contributed by atoms with E-state index < -0.39 is 23.9 Å². The van der Waals surface area contributed by atoms with Gasteiger partial charge in [0.2, 0.25) is 0 Å². The van der Waals surface area contributed by atoms with Crippen LogP contribution in [0.4, 0.5) is 0 Å². The molecule has 2 aliphatic rings. The van der Waals surface area contributed by atoms with E-state index in [2.05, 4.69) is 10.5 Å². The Morgan fingerprint density at radius 3 is 2.29 bits per heavy atom. The van der Waals surface area contributed by atoms with E-state index in [1.165, 1.54) is 21.9 Å². The first-order chi connectivity index (χ1) is 16.7. The highest BCUT2D eigenvalue weighted by atomic mass is 35.5. The SMILES string of the molecule is Cc1noc(C)c1C(=O)N1CCCN(C(=O)c2ccc(Cl)c(Cl)c2)C1C(=O)NC1CCC(N)CC1. The van der Waals surface area contributed by atoms with Gasteiger partial charge in [-0.2, -0.15) is 0 Å². The lowest BCUT2D eigenvalue weighted by atomic mass is 9.91. The van der Waals surface area contributed by atoms with Gasteiger partial charge in [0.05, 0.1) is 15.7 Å². The van der Waals surface area contributed by atoms with Crippen LogP contribution in [0.15, 0.2) is 22.7 Å². The summed E-state index contributed by atoms with van der Waals surface area (Å²) in [6, 6.07) is 4.63. The maximum Gasteiger partial charge on any atom is 0.264 e. The van der Waals surface area contributed by atoms with E-state index in [0.717, 1.165) is 25.7 Å². The monoisotopic (exact) mass is 521 g/mol. The topological polar surface area (TPSA) is 122 Å². The van der Waals surface area contributed by atoms with Crippen LogP contribution in [-0.4, -0.2) is 64.0 Å². The third kappa shape index (κ3) is 5.32. The summed E-state index contributed by atoms with van der Waals surface area (Å²) in [5, 5.41) is 7.49. The van der Waals surface area contributed by atoms with E-state index in [1.54, 1.807) is 19.9 Å². The Hall–Kier alpha value is -2.62. The van der Waals surface area contributed by atoms with E-state index in [-0.39, 0.29) is 22.7 Å². The number of benzene rings is 1. The molecule has 0 bridgehead atoms. The first-order valence-electron chi connectivity index (χ1n) is 11.7. The minimum Gasteiger partial charge on any atom is -0.361 e. The van der Waals surface area contributed by atoms with E-state index >= 15 is 0 Å². The molecule has 1 aliphatic carbocycles. The Kier molecular flexibility index (Phi) is 7.68. The molecule has 1 unspecified atom stereocenters. The summed E-state index contributed by atoms with van der Waals surface area (Å²) in [7, 11) is 0. The number of nitrogens with two attached hydrogens (primary N) is 1. The fourth-order valence-electron chi connectivity index (χ4n) is 4.80. The third-order valence-corrected chi connectivity index (χ3v) is 7.42. The van der Waals surface area contributed by atoms with Crippen molar-refractivity contribution in [3.05, 3.63) is 50.8 Å². The van der Waals surface area contributed by atoms with Gasteiger partial charge in [0.15, 0.2) is 6.17 Å². The quantitative estimate of drug-likeness (QED) is 0.636. The van der Waals surface area contributed by atoms with Gasteiger partial charge in [-0.1, -0.05) is 28.4 Å². The molecular weight excluding hydrogens is 493 g/mol. The fourth-order valence-corrected chi connectivity index (χ4v) is 5.10. The number of halogens is 2. The van der Waals surface area contributed by atoms with Gasteiger partial charge in [-0.15, -0.1) is 0 Å². The lowest BCUT2D eigenvalue weighted by Gasteiger charge is -2.43. The number of carbonyl (C=O) groups excluding carboxylic acids is 3. The zero-order valence-corrected chi connectivity index (χ0v) is 21.2. The molecule has 3 amide bonds. The highest BCUT2D eigenvalue weighted by Gasteiger charge is 2.42. The van der Waals surface area contributed by atoms with Gasteiger partial charge in [-0.3, -0.25) is 14.4 Å². The van der Waals surface area contributed by atoms with Crippen LogP contribution in [0.25, 0.3) is 0 Å². The average Bonchev–Trinajstić information content (AvgIpc) is 3.18. The van der Waals surface area contributed by atoms with Crippen LogP contribution in [0.5, 0.6) is 0 Å². The normalized spacial score (nSPS) is 22.7. The summed E-state index contributed by atoms with van der Waals surface area (Å²) in [5.74, 6) is -0.857. The maximum atomic E-state index is 13.7. The number of carbonyl (C=O) groups is 3. The molecule has 35 heavy (non-hydrogen) atoms. The highest BCUT2D eigenvalue weighted by molar-refractivity contribution is 6.42. The van der Waals surface area contributed by atoms with Gasteiger partial charge in [0.1, 0.15) is 11.3 Å². The van der Waals surface area contributed by atoms with Crippen molar-refractivity contribution < 1.29 is 18.9 Å². The molecule has 1 saturated carbocycles. The summed E-state index contributed by atoms with van der Waals surface area (Å²) in [5.41, 5.74) is 7.03. The summed E-state index contributed by atoms with van der Waals surface area (Å²) in [4.78, 5) is 43.7. The van der Waals surface area contributed by atoms with Crippen LogP contribution in [-0.2, 0) is 4.79 Å². The van der Waals surface area contributed by atoms with Gasteiger partial charge in [0, 0.05) is 30.7 Å². The predicted octanol–water partition coefficient (Wildman–Crippen LogP) is 3.30. The Bertz CT molecular complexity index is 1110. The Morgan fingerprint density at radius 1 is 1.03 bits per heavy atom. The van der Waals surface area contributed by atoms with Gasteiger partial charge >= 0.3 is 0 Å². The van der Waals surface area contributed by atoms with Crippen molar-refractivity contribution >= 4 is 40.9 Å².